The Labute approximate surface area is 133 Å². The number of amides is 1. The van der Waals surface area contributed by atoms with Gasteiger partial charge in [0, 0.05) is 11.9 Å². The molecule has 0 unspecified atom stereocenters. The maximum absolute atomic E-state index is 11.9. The van der Waals surface area contributed by atoms with Gasteiger partial charge >= 0.3 is 0 Å². The molecule has 1 aromatic carbocycles. The van der Waals surface area contributed by atoms with Crippen molar-refractivity contribution in [2.45, 2.75) is 25.0 Å². The van der Waals surface area contributed by atoms with Gasteiger partial charge in [0.2, 0.25) is 5.91 Å². The number of nitrogens with two attached hydrogens (primary N) is 1. The molecule has 6 heteroatoms. The number of nitrogens with one attached hydrogen (secondary N) is 1. The topological polar surface area (TPSA) is 77.2 Å². The highest BCUT2D eigenvalue weighted by atomic mass is 35.5. The summed E-state index contributed by atoms with van der Waals surface area (Å²) < 4.78 is 5.63. The van der Waals surface area contributed by atoms with Crippen LogP contribution in [0.2, 0.25) is 5.02 Å². The number of pyridine rings is 1. The molecule has 1 saturated carbocycles. The van der Waals surface area contributed by atoms with Gasteiger partial charge < -0.3 is 15.8 Å². The number of anilines is 1. The smallest absolute Gasteiger partial charge is 0.244 e. The summed E-state index contributed by atoms with van der Waals surface area (Å²) in [4.78, 5) is 16.1. The van der Waals surface area contributed by atoms with Gasteiger partial charge in [-0.15, -0.1) is 0 Å². The van der Waals surface area contributed by atoms with E-state index >= 15 is 0 Å². The number of benzene rings is 1. The Morgan fingerprint density at radius 3 is 2.82 bits per heavy atom. The second-order valence-electron chi connectivity index (χ2n) is 5.37. The highest BCUT2D eigenvalue weighted by Crippen LogP contribution is 2.34. The van der Waals surface area contributed by atoms with E-state index in [9.17, 15) is 4.79 Å². The Balaban J connectivity index is 1.63. The summed E-state index contributed by atoms with van der Waals surface area (Å²) in [5.41, 5.74) is 6.56. The fraction of sp³-hybridized carbons (Fsp3) is 0.250. The van der Waals surface area contributed by atoms with Crippen molar-refractivity contribution < 1.29 is 9.53 Å². The van der Waals surface area contributed by atoms with Crippen LogP contribution in [0.4, 0.5) is 5.69 Å². The van der Waals surface area contributed by atoms with E-state index in [2.05, 4.69) is 10.3 Å². The minimum absolute atomic E-state index is 0.175. The summed E-state index contributed by atoms with van der Waals surface area (Å²) in [5, 5.41) is 3.20. The fourth-order valence-corrected chi connectivity index (χ4v) is 2.18. The number of ether oxygens (including phenoxy) is 1. The Bertz CT molecular complexity index is 687. The molecule has 1 aliphatic rings. The van der Waals surface area contributed by atoms with Gasteiger partial charge in [0.25, 0.3) is 0 Å². The molecular weight excluding hydrogens is 302 g/mol. The van der Waals surface area contributed by atoms with Crippen molar-refractivity contribution >= 4 is 23.2 Å². The summed E-state index contributed by atoms with van der Waals surface area (Å²) in [7, 11) is 0. The second-order valence-corrected chi connectivity index (χ2v) is 5.77. The van der Waals surface area contributed by atoms with Crippen molar-refractivity contribution in [1.29, 1.82) is 0 Å². The van der Waals surface area contributed by atoms with Gasteiger partial charge in [-0.3, -0.25) is 9.78 Å². The standard InChI is InChI=1S/C16H16ClN3O2/c17-13-9-11(20-15(21)16(18)6-7-16)4-5-14(13)22-10-12-3-1-2-8-19-12/h1-5,8-9H,6-7,10,18H2,(H,20,21). The molecule has 3 rings (SSSR count). The zero-order valence-corrected chi connectivity index (χ0v) is 12.6. The minimum atomic E-state index is -0.708. The molecule has 2 aromatic rings. The summed E-state index contributed by atoms with van der Waals surface area (Å²) in [6.07, 6.45) is 3.15. The molecule has 1 aromatic heterocycles. The number of hydrogen-bond donors (Lipinski definition) is 2. The zero-order chi connectivity index (χ0) is 15.6. The minimum Gasteiger partial charge on any atom is -0.486 e. The van der Waals surface area contributed by atoms with E-state index in [0.29, 0.717) is 23.1 Å². The molecule has 0 atom stereocenters. The average molecular weight is 318 g/mol. The van der Waals surface area contributed by atoms with Crippen molar-refractivity contribution in [3.8, 4) is 5.75 Å². The van der Waals surface area contributed by atoms with Crippen molar-refractivity contribution in [3.05, 3.63) is 53.3 Å². The highest BCUT2D eigenvalue weighted by Gasteiger charge is 2.45. The fourth-order valence-electron chi connectivity index (χ4n) is 1.95. The Morgan fingerprint density at radius 2 is 2.18 bits per heavy atom. The van der Waals surface area contributed by atoms with Crippen molar-refractivity contribution in [2.24, 2.45) is 5.73 Å². The van der Waals surface area contributed by atoms with Gasteiger partial charge in [-0.2, -0.15) is 0 Å². The Kier molecular flexibility index (Phi) is 4.00. The van der Waals surface area contributed by atoms with E-state index in [4.69, 9.17) is 22.1 Å². The summed E-state index contributed by atoms with van der Waals surface area (Å²) in [6.45, 7) is 0.332. The van der Waals surface area contributed by atoms with Crippen LogP contribution in [0.3, 0.4) is 0 Å². The number of rotatable bonds is 5. The molecule has 0 radical (unpaired) electrons. The predicted molar refractivity (Wildman–Crippen MR) is 84.8 cm³/mol. The third-order valence-corrected chi connectivity index (χ3v) is 3.83. The maximum Gasteiger partial charge on any atom is 0.244 e. The van der Waals surface area contributed by atoms with Crippen molar-refractivity contribution in [1.82, 2.24) is 4.98 Å². The number of carbonyl (C=O) groups is 1. The molecule has 1 aliphatic carbocycles. The summed E-state index contributed by atoms with van der Waals surface area (Å²) >= 11 is 6.18. The zero-order valence-electron chi connectivity index (χ0n) is 11.9. The lowest BCUT2D eigenvalue weighted by Gasteiger charge is -2.12. The first-order valence-electron chi connectivity index (χ1n) is 6.99. The molecule has 3 N–H and O–H groups in total. The molecule has 5 nitrogen and oxygen atoms in total. The maximum atomic E-state index is 11.9. The first-order chi connectivity index (χ1) is 10.6. The number of halogens is 1. The monoisotopic (exact) mass is 317 g/mol. The van der Waals surface area contributed by atoms with E-state index in [1.807, 2.05) is 18.2 Å². The van der Waals surface area contributed by atoms with E-state index in [-0.39, 0.29) is 5.91 Å². The third-order valence-electron chi connectivity index (χ3n) is 3.53. The quantitative estimate of drug-likeness (QED) is 0.889. The molecule has 1 fully saturated rings. The van der Waals surface area contributed by atoms with E-state index in [1.54, 1.807) is 24.4 Å². The van der Waals surface area contributed by atoms with Crippen LogP contribution in [0.1, 0.15) is 18.5 Å². The first-order valence-corrected chi connectivity index (χ1v) is 7.37. The van der Waals surface area contributed by atoms with Gasteiger partial charge in [-0.25, -0.2) is 0 Å². The van der Waals surface area contributed by atoms with Crippen LogP contribution in [-0.2, 0) is 11.4 Å². The van der Waals surface area contributed by atoms with E-state index in [1.165, 1.54) is 0 Å². The second kappa shape index (κ2) is 5.94. The summed E-state index contributed by atoms with van der Waals surface area (Å²) in [5.74, 6) is 0.366. The molecule has 114 valence electrons. The first kappa shape index (κ1) is 14.8. The molecule has 0 bridgehead atoms. The van der Waals surface area contributed by atoms with Crippen molar-refractivity contribution in [2.75, 3.05) is 5.32 Å². The lowest BCUT2D eigenvalue weighted by molar-refractivity contribution is -0.118. The number of aromatic nitrogens is 1. The number of carbonyl (C=O) groups excluding carboxylic acids is 1. The lowest BCUT2D eigenvalue weighted by Crippen LogP contribution is -2.37. The largest absolute Gasteiger partial charge is 0.486 e. The number of nitrogens with zero attached hydrogens (tertiary/aromatic N) is 1. The van der Waals surface area contributed by atoms with Crippen LogP contribution in [0.25, 0.3) is 0 Å². The molecule has 1 amide bonds. The van der Waals surface area contributed by atoms with Gasteiger partial charge in [-0.05, 0) is 43.2 Å². The van der Waals surface area contributed by atoms with Gasteiger partial charge in [0.15, 0.2) is 0 Å². The van der Waals surface area contributed by atoms with E-state index < -0.39 is 5.54 Å². The van der Waals surface area contributed by atoms with Gasteiger partial charge in [0.05, 0.1) is 16.3 Å². The van der Waals surface area contributed by atoms with Crippen LogP contribution in [0.15, 0.2) is 42.6 Å². The third kappa shape index (κ3) is 3.37. The molecule has 0 aliphatic heterocycles. The van der Waals surface area contributed by atoms with Gasteiger partial charge in [0.1, 0.15) is 12.4 Å². The van der Waals surface area contributed by atoms with Crippen LogP contribution in [0, 0.1) is 0 Å². The van der Waals surface area contributed by atoms with Crippen LogP contribution in [0.5, 0.6) is 5.75 Å². The normalized spacial score (nSPS) is 15.2. The molecular formula is C16H16ClN3O2. The Morgan fingerprint density at radius 1 is 1.36 bits per heavy atom. The summed E-state index contributed by atoms with van der Waals surface area (Å²) in [6, 6.07) is 10.7. The predicted octanol–water partition coefficient (Wildman–Crippen LogP) is 2.74. The highest BCUT2D eigenvalue weighted by molar-refractivity contribution is 6.32. The van der Waals surface area contributed by atoms with Crippen molar-refractivity contribution in [3.63, 3.8) is 0 Å². The molecule has 22 heavy (non-hydrogen) atoms. The Hall–Kier alpha value is -2.11. The number of hydrogen-bond acceptors (Lipinski definition) is 4. The van der Waals surface area contributed by atoms with Gasteiger partial charge in [-0.1, -0.05) is 17.7 Å². The van der Waals surface area contributed by atoms with Crippen LogP contribution >= 0.6 is 11.6 Å². The van der Waals surface area contributed by atoms with Crippen LogP contribution in [-0.4, -0.2) is 16.4 Å². The van der Waals surface area contributed by atoms with Crippen LogP contribution < -0.4 is 15.8 Å². The average Bonchev–Trinajstić information content (AvgIpc) is 3.27. The molecule has 0 saturated heterocycles. The van der Waals surface area contributed by atoms with E-state index in [0.717, 1.165) is 18.5 Å². The molecule has 1 heterocycles. The molecule has 0 spiro atoms. The SMILES string of the molecule is NC1(C(=O)Nc2ccc(OCc3ccccn3)c(Cl)c2)CC1. The lowest BCUT2D eigenvalue weighted by atomic mass is 10.2.